The maximum atomic E-state index is 13.1. The molecule has 2 aromatic rings. The van der Waals surface area contributed by atoms with E-state index in [4.69, 9.17) is 0 Å². The quantitative estimate of drug-likeness (QED) is 0.767. The first-order valence-electron chi connectivity index (χ1n) is 4.07. The molecule has 2 rings (SSSR count). The van der Waals surface area contributed by atoms with Gasteiger partial charge in [-0.05, 0) is 12.1 Å². The van der Waals surface area contributed by atoms with Crippen LogP contribution in [0.15, 0.2) is 23.6 Å². The van der Waals surface area contributed by atoms with E-state index in [0.29, 0.717) is 4.70 Å². The Morgan fingerprint density at radius 3 is 2.71 bits per heavy atom. The summed E-state index contributed by atoms with van der Waals surface area (Å²) in [6.45, 7) is 0.834. The highest BCUT2D eigenvalue weighted by atomic mass is 32.1. The van der Waals surface area contributed by atoms with Gasteiger partial charge in [-0.3, -0.25) is 0 Å². The average Bonchev–Trinajstić information content (AvgIpc) is 2.47. The number of benzene rings is 1. The Balaban J connectivity index is 2.80. The van der Waals surface area contributed by atoms with Crippen molar-refractivity contribution in [1.29, 1.82) is 0 Å². The van der Waals surface area contributed by atoms with Gasteiger partial charge in [-0.2, -0.15) is 0 Å². The molecular formula is C10H8F2OS. The molecule has 0 amide bonds. The predicted molar refractivity (Wildman–Crippen MR) is 53.1 cm³/mol. The summed E-state index contributed by atoms with van der Waals surface area (Å²) in [5.41, 5.74) is -0.101. The topological polar surface area (TPSA) is 20.2 Å². The second-order valence-corrected chi connectivity index (χ2v) is 4.10. The molecule has 1 aromatic heterocycles. The maximum absolute atomic E-state index is 13.1. The van der Waals surface area contributed by atoms with Crippen LogP contribution in [0.4, 0.5) is 8.78 Å². The molecule has 1 aromatic carbocycles. The van der Waals surface area contributed by atoms with Crippen LogP contribution in [0, 0.1) is 0 Å². The number of hydrogen-bond acceptors (Lipinski definition) is 2. The number of hydrogen-bond donors (Lipinski definition) is 1. The van der Waals surface area contributed by atoms with Crippen molar-refractivity contribution >= 4 is 21.4 Å². The molecule has 4 heteroatoms. The van der Waals surface area contributed by atoms with Gasteiger partial charge in [0.1, 0.15) is 5.75 Å². The molecule has 0 saturated carbocycles. The van der Waals surface area contributed by atoms with Gasteiger partial charge < -0.3 is 5.11 Å². The van der Waals surface area contributed by atoms with Crippen molar-refractivity contribution in [2.45, 2.75) is 12.8 Å². The molecule has 0 aliphatic carbocycles. The average molecular weight is 214 g/mol. The Morgan fingerprint density at radius 1 is 1.36 bits per heavy atom. The van der Waals surface area contributed by atoms with Gasteiger partial charge in [0.2, 0.25) is 0 Å². The van der Waals surface area contributed by atoms with Crippen molar-refractivity contribution in [2.75, 3.05) is 0 Å². The second-order valence-electron chi connectivity index (χ2n) is 3.19. The number of halogens is 2. The zero-order valence-corrected chi connectivity index (χ0v) is 8.24. The standard InChI is InChI=1S/C10H8F2OS/c1-10(11,12)6-5-14-8-4-2-3-7(13)9(6)8/h2-5,13H,1H3. The molecule has 0 aliphatic rings. The fourth-order valence-corrected chi connectivity index (χ4v) is 2.45. The van der Waals surface area contributed by atoms with E-state index < -0.39 is 5.92 Å². The minimum atomic E-state index is -2.91. The first-order chi connectivity index (χ1) is 6.50. The van der Waals surface area contributed by atoms with E-state index in [-0.39, 0.29) is 16.7 Å². The fourth-order valence-electron chi connectivity index (χ4n) is 1.39. The minimum Gasteiger partial charge on any atom is -0.507 e. The van der Waals surface area contributed by atoms with E-state index in [1.165, 1.54) is 22.8 Å². The number of aromatic hydroxyl groups is 1. The van der Waals surface area contributed by atoms with Crippen LogP contribution in [0.2, 0.25) is 0 Å². The SMILES string of the molecule is CC(F)(F)c1csc2cccc(O)c12. The fraction of sp³-hybridized carbons (Fsp3) is 0.200. The molecule has 0 fully saturated rings. The van der Waals surface area contributed by atoms with Gasteiger partial charge >= 0.3 is 0 Å². The number of alkyl halides is 2. The van der Waals surface area contributed by atoms with Crippen molar-refractivity contribution < 1.29 is 13.9 Å². The molecule has 74 valence electrons. The zero-order valence-electron chi connectivity index (χ0n) is 7.42. The second kappa shape index (κ2) is 2.92. The highest BCUT2D eigenvalue weighted by Crippen LogP contribution is 2.40. The largest absolute Gasteiger partial charge is 0.507 e. The molecular weight excluding hydrogens is 206 g/mol. The third-order valence-corrected chi connectivity index (χ3v) is 3.00. The highest BCUT2D eigenvalue weighted by molar-refractivity contribution is 7.17. The van der Waals surface area contributed by atoms with Crippen LogP contribution in [0.1, 0.15) is 12.5 Å². The molecule has 0 spiro atoms. The lowest BCUT2D eigenvalue weighted by atomic mass is 10.1. The summed E-state index contributed by atoms with van der Waals surface area (Å²) in [4.78, 5) is 0. The van der Waals surface area contributed by atoms with Crippen molar-refractivity contribution in [2.24, 2.45) is 0 Å². The molecule has 1 N–H and O–H groups in total. The van der Waals surface area contributed by atoms with E-state index >= 15 is 0 Å². The van der Waals surface area contributed by atoms with E-state index in [1.807, 2.05) is 0 Å². The Labute approximate surface area is 83.6 Å². The number of rotatable bonds is 1. The molecule has 1 nitrogen and oxygen atoms in total. The van der Waals surface area contributed by atoms with Crippen LogP contribution in [-0.4, -0.2) is 5.11 Å². The van der Waals surface area contributed by atoms with Gasteiger partial charge in [-0.15, -0.1) is 11.3 Å². The van der Waals surface area contributed by atoms with E-state index in [1.54, 1.807) is 12.1 Å². The third kappa shape index (κ3) is 1.35. The molecule has 14 heavy (non-hydrogen) atoms. The van der Waals surface area contributed by atoms with Gasteiger partial charge in [0.15, 0.2) is 0 Å². The van der Waals surface area contributed by atoms with Crippen LogP contribution in [0.5, 0.6) is 5.75 Å². The lowest BCUT2D eigenvalue weighted by Crippen LogP contribution is -2.05. The summed E-state index contributed by atoms with van der Waals surface area (Å²) >= 11 is 1.21. The molecule has 0 atom stereocenters. The van der Waals surface area contributed by atoms with Crippen LogP contribution >= 0.6 is 11.3 Å². The van der Waals surface area contributed by atoms with Gasteiger partial charge in [-0.1, -0.05) is 6.07 Å². The monoisotopic (exact) mass is 214 g/mol. The van der Waals surface area contributed by atoms with Gasteiger partial charge in [0.05, 0.1) is 0 Å². The van der Waals surface area contributed by atoms with Gasteiger partial charge in [-0.25, -0.2) is 8.78 Å². The number of phenolic OH excluding ortho intramolecular Hbond substituents is 1. The van der Waals surface area contributed by atoms with E-state index in [2.05, 4.69) is 0 Å². The van der Waals surface area contributed by atoms with Crippen LogP contribution in [-0.2, 0) is 5.92 Å². The molecule has 0 bridgehead atoms. The van der Waals surface area contributed by atoms with Gasteiger partial charge in [0.25, 0.3) is 5.92 Å². The van der Waals surface area contributed by atoms with Crippen molar-refractivity contribution in [3.8, 4) is 5.75 Å². The van der Waals surface area contributed by atoms with Gasteiger partial charge in [0, 0.05) is 28.0 Å². The first kappa shape index (κ1) is 9.40. The van der Waals surface area contributed by atoms with Crippen LogP contribution < -0.4 is 0 Å². The third-order valence-electron chi connectivity index (χ3n) is 2.05. The molecule has 0 saturated heterocycles. The Morgan fingerprint density at radius 2 is 2.07 bits per heavy atom. The molecule has 1 heterocycles. The summed E-state index contributed by atoms with van der Waals surface area (Å²) in [5.74, 6) is -2.99. The smallest absolute Gasteiger partial charge is 0.272 e. The van der Waals surface area contributed by atoms with E-state index in [9.17, 15) is 13.9 Å². The number of phenols is 1. The Hall–Kier alpha value is -1.16. The van der Waals surface area contributed by atoms with Crippen LogP contribution in [0.25, 0.3) is 10.1 Å². The lowest BCUT2D eigenvalue weighted by Gasteiger charge is -2.09. The summed E-state index contributed by atoms with van der Waals surface area (Å²) in [6.07, 6.45) is 0. The Kier molecular flexibility index (Phi) is 1.96. The van der Waals surface area contributed by atoms with Crippen LogP contribution in [0.3, 0.4) is 0 Å². The summed E-state index contributed by atoms with van der Waals surface area (Å²) in [6, 6.07) is 4.78. The summed E-state index contributed by atoms with van der Waals surface area (Å²) in [7, 11) is 0. The van der Waals surface area contributed by atoms with Crippen molar-refractivity contribution in [3.05, 3.63) is 29.1 Å². The Bertz CT molecular complexity index is 470. The lowest BCUT2D eigenvalue weighted by molar-refractivity contribution is 0.0193. The number of fused-ring (bicyclic) bond motifs is 1. The summed E-state index contributed by atoms with van der Waals surface area (Å²) in [5, 5.41) is 11.1. The molecule has 0 unspecified atom stereocenters. The van der Waals surface area contributed by atoms with Crippen molar-refractivity contribution in [1.82, 2.24) is 0 Å². The molecule has 0 aliphatic heterocycles. The zero-order chi connectivity index (χ0) is 10.3. The van der Waals surface area contributed by atoms with E-state index in [0.717, 1.165) is 6.92 Å². The normalized spacial score (nSPS) is 12.2. The van der Waals surface area contributed by atoms with Crippen molar-refractivity contribution in [3.63, 3.8) is 0 Å². The first-order valence-corrected chi connectivity index (χ1v) is 4.95. The minimum absolute atomic E-state index is 0.0831. The number of thiophene rings is 1. The highest BCUT2D eigenvalue weighted by Gasteiger charge is 2.28. The molecule has 0 radical (unpaired) electrons. The predicted octanol–water partition coefficient (Wildman–Crippen LogP) is 3.72. The summed E-state index contributed by atoms with van der Waals surface area (Å²) < 4.78 is 26.9. The maximum Gasteiger partial charge on any atom is 0.272 e.